The molecule has 0 radical (unpaired) electrons. The third-order valence-corrected chi connectivity index (χ3v) is 1.86. The molecule has 0 atom stereocenters. The van der Waals surface area contributed by atoms with Crippen molar-refractivity contribution < 1.29 is 4.79 Å². The first-order valence-corrected chi connectivity index (χ1v) is 5.27. The third-order valence-electron chi connectivity index (χ3n) is 1.86. The Hall–Kier alpha value is -0.610. The summed E-state index contributed by atoms with van der Waals surface area (Å²) in [5, 5.41) is 3.23. The van der Waals surface area contributed by atoms with Gasteiger partial charge in [0.25, 0.3) is 0 Å². The predicted molar refractivity (Wildman–Crippen MR) is 59.0 cm³/mol. The smallest absolute Gasteiger partial charge is 0.231 e. The Bertz CT molecular complexity index is 159. The zero-order valence-electron chi connectivity index (χ0n) is 9.55. The number of carbonyl (C=O) groups is 1. The Kier molecular flexibility index (Phi) is 7.42. The van der Waals surface area contributed by atoms with E-state index in [-0.39, 0.29) is 5.91 Å². The lowest BCUT2D eigenvalue weighted by Gasteiger charge is -2.22. The van der Waals surface area contributed by atoms with Crippen molar-refractivity contribution in [3.63, 3.8) is 0 Å². The number of rotatable bonds is 8. The summed E-state index contributed by atoms with van der Waals surface area (Å²) in [5.74, 6) is 0.318. The predicted octanol–water partition coefficient (Wildman–Crippen LogP) is 0.0392. The summed E-state index contributed by atoms with van der Waals surface area (Å²) < 4.78 is 0. The van der Waals surface area contributed by atoms with Gasteiger partial charge in [-0.1, -0.05) is 20.8 Å². The number of nitrogens with two attached hydrogens (primary N) is 1. The van der Waals surface area contributed by atoms with Gasteiger partial charge >= 0.3 is 0 Å². The van der Waals surface area contributed by atoms with Crippen molar-refractivity contribution in [3.05, 3.63) is 0 Å². The summed E-state index contributed by atoms with van der Waals surface area (Å²) in [6.45, 7) is 10.4. The van der Waals surface area contributed by atoms with Crippen molar-refractivity contribution in [3.8, 4) is 0 Å². The zero-order chi connectivity index (χ0) is 11.0. The van der Waals surface area contributed by atoms with Crippen molar-refractivity contribution >= 4 is 5.91 Å². The highest BCUT2D eigenvalue weighted by molar-refractivity contribution is 5.75. The number of nitrogens with one attached hydrogen (secondary N) is 1. The minimum atomic E-state index is -0.248. The Morgan fingerprint density at radius 3 is 2.57 bits per heavy atom. The van der Waals surface area contributed by atoms with E-state index in [1.807, 2.05) is 0 Å². The molecule has 14 heavy (non-hydrogen) atoms. The summed E-state index contributed by atoms with van der Waals surface area (Å²) in [6, 6.07) is 0. The SMILES string of the molecule is CCNCCN(CC(N)=O)CC(C)C. The van der Waals surface area contributed by atoms with E-state index < -0.39 is 0 Å². The molecule has 84 valence electrons. The van der Waals surface area contributed by atoms with E-state index in [1.54, 1.807) is 0 Å². The number of nitrogens with zero attached hydrogens (tertiary/aromatic N) is 1. The summed E-state index contributed by atoms with van der Waals surface area (Å²) in [7, 11) is 0. The van der Waals surface area contributed by atoms with Crippen LogP contribution in [0.15, 0.2) is 0 Å². The van der Waals surface area contributed by atoms with Gasteiger partial charge < -0.3 is 11.1 Å². The third kappa shape index (κ3) is 8.01. The molecule has 0 aromatic rings. The molecule has 0 bridgehead atoms. The van der Waals surface area contributed by atoms with Crippen LogP contribution in [0, 0.1) is 5.92 Å². The van der Waals surface area contributed by atoms with E-state index in [0.29, 0.717) is 12.5 Å². The van der Waals surface area contributed by atoms with Crippen LogP contribution in [0.2, 0.25) is 0 Å². The molecule has 0 fully saturated rings. The van der Waals surface area contributed by atoms with E-state index >= 15 is 0 Å². The minimum Gasteiger partial charge on any atom is -0.369 e. The van der Waals surface area contributed by atoms with Crippen molar-refractivity contribution in [1.29, 1.82) is 0 Å². The molecule has 0 aromatic heterocycles. The molecule has 0 aliphatic carbocycles. The monoisotopic (exact) mass is 201 g/mol. The molecule has 0 rings (SSSR count). The van der Waals surface area contributed by atoms with Crippen LogP contribution < -0.4 is 11.1 Å². The van der Waals surface area contributed by atoms with Crippen LogP contribution in [-0.2, 0) is 4.79 Å². The zero-order valence-corrected chi connectivity index (χ0v) is 9.55. The molecule has 0 unspecified atom stereocenters. The van der Waals surface area contributed by atoms with E-state index in [9.17, 15) is 4.79 Å². The molecule has 0 aromatic carbocycles. The van der Waals surface area contributed by atoms with Crippen LogP contribution in [0.3, 0.4) is 0 Å². The maximum atomic E-state index is 10.8. The number of primary amides is 1. The summed E-state index contributed by atoms with van der Waals surface area (Å²) in [4.78, 5) is 12.9. The van der Waals surface area contributed by atoms with Crippen LogP contribution in [-0.4, -0.2) is 43.5 Å². The Morgan fingerprint density at radius 2 is 2.14 bits per heavy atom. The number of hydrogen-bond donors (Lipinski definition) is 2. The fourth-order valence-electron chi connectivity index (χ4n) is 1.39. The van der Waals surface area contributed by atoms with Gasteiger partial charge in [0.15, 0.2) is 0 Å². The molecule has 0 saturated heterocycles. The summed E-state index contributed by atoms with van der Waals surface area (Å²) >= 11 is 0. The molecule has 0 aliphatic rings. The summed E-state index contributed by atoms with van der Waals surface area (Å²) in [6.07, 6.45) is 0. The lowest BCUT2D eigenvalue weighted by atomic mass is 10.2. The van der Waals surface area contributed by atoms with Crippen LogP contribution in [0.5, 0.6) is 0 Å². The van der Waals surface area contributed by atoms with Crippen LogP contribution >= 0.6 is 0 Å². The van der Waals surface area contributed by atoms with Gasteiger partial charge in [0.1, 0.15) is 0 Å². The molecule has 0 spiro atoms. The molecule has 1 amide bonds. The van der Waals surface area contributed by atoms with E-state index in [1.165, 1.54) is 0 Å². The van der Waals surface area contributed by atoms with Gasteiger partial charge in [-0.05, 0) is 12.5 Å². The largest absolute Gasteiger partial charge is 0.369 e. The van der Waals surface area contributed by atoms with E-state index in [4.69, 9.17) is 5.73 Å². The quantitative estimate of drug-likeness (QED) is 0.545. The lowest BCUT2D eigenvalue weighted by molar-refractivity contribution is -0.119. The van der Waals surface area contributed by atoms with Gasteiger partial charge in [-0.15, -0.1) is 0 Å². The first-order valence-electron chi connectivity index (χ1n) is 5.27. The highest BCUT2D eigenvalue weighted by Gasteiger charge is 2.09. The van der Waals surface area contributed by atoms with E-state index in [2.05, 4.69) is 31.0 Å². The molecule has 3 N–H and O–H groups in total. The number of carbonyl (C=O) groups excluding carboxylic acids is 1. The minimum absolute atomic E-state index is 0.248. The molecular formula is C10H23N3O. The normalized spacial score (nSPS) is 11.2. The number of hydrogen-bond acceptors (Lipinski definition) is 3. The van der Waals surface area contributed by atoms with Crippen LogP contribution in [0.4, 0.5) is 0 Å². The number of likely N-dealkylation sites (N-methyl/N-ethyl adjacent to an activating group) is 1. The second-order valence-electron chi connectivity index (χ2n) is 3.95. The van der Waals surface area contributed by atoms with Gasteiger partial charge in [0.2, 0.25) is 5.91 Å². The average molecular weight is 201 g/mol. The summed E-state index contributed by atoms with van der Waals surface area (Å²) in [5.41, 5.74) is 5.17. The lowest BCUT2D eigenvalue weighted by Crippen LogP contribution is -2.40. The van der Waals surface area contributed by atoms with Crippen molar-refractivity contribution in [1.82, 2.24) is 10.2 Å². The highest BCUT2D eigenvalue weighted by Crippen LogP contribution is 1.97. The maximum Gasteiger partial charge on any atom is 0.231 e. The van der Waals surface area contributed by atoms with Gasteiger partial charge in [-0.3, -0.25) is 9.69 Å². The second kappa shape index (κ2) is 7.76. The van der Waals surface area contributed by atoms with Gasteiger partial charge in [-0.2, -0.15) is 0 Å². The van der Waals surface area contributed by atoms with Crippen molar-refractivity contribution in [2.75, 3.05) is 32.7 Å². The molecule has 0 heterocycles. The molecule has 0 aliphatic heterocycles. The fourth-order valence-corrected chi connectivity index (χ4v) is 1.39. The van der Waals surface area contributed by atoms with Gasteiger partial charge in [0.05, 0.1) is 6.54 Å². The second-order valence-corrected chi connectivity index (χ2v) is 3.95. The van der Waals surface area contributed by atoms with Crippen molar-refractivity contribution in [2.24, 2.45) is 11.7 Å². The maximum absolute atomic E-state index is 10.8. The molecule has 4 nitrogen and oxygen atoms in total. The molecular weight excluding hydrogens is 178 g/mol. The Balaban J connectivity index is 3.78. The molecule has 4 heteroatoms. The average Bonchev–Trinajstić information content (AvgIpc) is 2.02. The van der Waals surface area contributed by atoms with Crippen molar-refractivity contribution in [2.45, 2.75) is 20.8 Å². The Labute approximate surface area is 86.8 Å². The first-order chi connectivity index (χ1) is 6.56. The topological polar surface area (TPSA) is 58.4 Å². The van der Waals surface area contributed by atoms with Gasteiger partial charge in [-0.25, -0.2) is 0 Å². The van der Waals surface area contributed by atoms with Gasteiger partial charge in [0, 0.05) is 19.6 Å². The number of amides is 1. The first kappa shape index (κ1) is 13.4. The Morgan fingerprint density at radius 1 is 1.50 bits per heavy atom. The highest BCUT2D eigenvalue weighted by atomic mass is 16.1. The fraction of sp³-hybridized carbons (Fsp3) is 0.900. The van der Waals surface area contributed by atoms with Crippen LogP contribution in [0.1, 0.15) is 20.8 Å². The van der Waals surface area contributed by atoms with Crippen LogP contribution in [0.25, 0.3) is 0 Å². The van der Waals surface area contributed by atoms with E-state index in [0.717, 1.165) is 26.2 Å². The molecule has 0 saturated carbocycles. The standard InChI is InChI=1S/C10H23N3O/c1-4-12-5-6-13(7-9(2)3)8-10(11)14/h9,12H,4-8H2,1-3H3,(H2,11,14).